The van der Waals surface area contributed by atoms with Gasteiger partial charge < -0.3 is 0 Å². The van der Waals surface area contributed by atoms with Crippen LogP contribution in [0.5, 0.6) is 0 Å². The smallest absolute Gasteiger partial charge is 0.0165 e. The third-order valence-corrected chi connectivity index (χ3v) is 5.13. The Morgan fingerprint density at radius 3 is 2.47 bits per heavy atom. The second-order valence-corrected chi connectivity index (χ2v) is 6.87. The van der Waals surface area contributed by atoms with E-state index in [1.54, 1.807) is 5.57 Å². The Bertz CT molecular complexity index is 302. The fraction of sp³-hybridized carbons (Fsp3) is 0.789. The summed E-state index contributed by atoms with van der Waals surface area (Å²) in [7, 11) is 0. The molecule has 0 saturated heterocycles. The Morgan fingerprint density at radius 1 is 1.05 bits per heavy atom. The van der Waals surface area contributed by atoms with Gasteiger partial charge in [-0.15, -0.1) is 0 Å². The van der Waals surface area contributed by atoms with Crippen LogP contribution in [0.1, 0.15) is 78.1 Å². The van der Waals surface area contributed by atoms with E-state index in [0.29, 0.717) is 0 Å². The van der Waals surface area contributed by atoms with Crippen molar-refractivity contribution in [2.45, 2.75) is 78.1 Å². The minimum atomic E-state index is 0.836. The van der Waals surface area contributed by atoms with Crippen molar-refractivity contribution >= 4 is 0 Å². The topological polar surface area (TPSA) is 0 Å². The average molecular weight is 260 g/mol. The van der Waals surface area contributed by atoms with E-state index in [1.165, 1.54) is 64.2 Å². The minimum Gasteiger partial charge on any atom is -0.0808 e. The maximum atomic E-state index is 2.56. The highest BCUT2D eigenvalue weighted by Crippen LogP contribution is 2.36. The van der Waals surface area contributed by atoms with Crippen LogP contribution < -0.4 is 0 Å². The van der Waals surface area contributed by atoms with Gasteiger partial charge in [0.25, 0.3) is 0 Å². The maximum Gasteiger partial charge on any atom is -0.0165 e. The van der Waals surface area contributed by atoms with Gasteiger partial charge in [-0.05, 0) is 49.0 Å². The van der Waals surface area contributed by atoms with Gasteiger partial charge >= 0.3 is 0 Å². The highest BCUT2D eigenvalue weighted by molar-refractivity contribution is 5.26. The van der Waals surface area contributed by atoms with Gasteiger partial charge in [-0.1, -0.05) is 70.6 Å². The maximum absolute atomic E-state index is 2.56. The largest absolute Gasteiger partial charge is 0.0808 e. The molecule has 0 aliphatic heterocycles. The molecule has 1 saturated carbocycles. The molecule has 0 spiro atoms. The van der Waals surface area contributed by atoms with Gasteiger partial charge in [-0.2, -0.15) is 0 Å². The second kappa shape index (κ2) is 7.92. The second-order valence-electron chi connectivity index (χ2n) is 6.87. The number of hydrogen-bond donors (Lipinski definition) is 0. The van der Waals surface area contributed by atoms with Gasteiger partial charge in [0.15, 0.2) is 0 Å². The van der Waals surface area contributed by atoms with Crippen molar-refractivity contribution in [2.75, 3.05) is 0 Å². The Kier molecular flexibility index (Phi) is 6.20. The summed E-state index contributed by atoms with van der Waals surface area (Å²) in [4.78, 5) is 0. The lowest BCUT2D eigenvalue weighted by Crippen LogP contribution is -2.15. The Labute approximate surface area is 120 Å². The van der Waals surface area contributed by atoms with Crippen LogP contribution in [0.15, 0.2) is 23.8 Å². The van der Waals surface area contributed by atoms with E-state index >= 15 is 0 Å². The molecule has 0 N–H and O–H groups in total. The molecule has 0 heterocycles. The summed E-state index contributed by atoms with van der Waals surface area (Å²) >= 11 is 0. The Balaban J connectivity index is 1.70. The van der Waals surface area contributed by atoms with E-state index in [1.807, 2.05) is 0 Å². The molecule has 1 atom stereocenters. The molecule has 1 unspecified atom stereocenters. The van der Waals surface area contributed by atoms with E-state index in [9.17, 15) is 0 Å². The van der Waals surface area contributed by atoms with Gasteiger partial charge in [0.2, 0.25) is 0 Å². The zero-order valence-electron chi connectivity index (χ0n) is 13.0. The molecule has 2 aliphatic carbocycles. The van der Waals surface area contributed by atoms with E-state index in [2.05, 4.69) is 32.1 Å². The third-order valence-electron chi connectivity index (χ3n) is 5.13. The van der Waals surface area contributed by atoms with Crippen molar-refractivity contribution in [3.8, 4) is 0 Å². The summed E-state index contributed by atoms with van der Waals surface area (Å²) in [5.41, 5.74) is 1.66. The van der Waals surface area contributed by atoms with Crippen LogP contribution in [0.25, 0.3) is 0 Å². The zero-order valence-corrected chi connectivity index (χ0v) is 13.0. The van der Waals surface area contributed by atoms with Crippen LogP contribution in [0, 0.1) is 17.8 Å². The summed E-state index contributed by atoms with van der Waals surface area (Å²) in [6.07, 6.45) is 21.6. The van der Waals surface area contributed by atoms with Crippen molar-refractivity contribution in [3.63, 3.8) is 0 Å². The normalized spacial score (nSPS) is 31.3. The van der Waals surface area contributed by atoms with Crippen molar-refractivity contribution in [1.29, 1.82) is 0 Å². The third kappa shape index (κ3) is 4.82. The Morgan fingerprint density at radius 2 is 1.84 bits per heavy atom. The highest BCUT2D eigenvalue weighted by Gasteiger charge is 2.21. The molecule has 2 rings (SSSR count). The van der Waals surface area contributed by atoms with E-state index < -0.39 is 0 Å². The van der Waals surface area contributed by atoms with Crippen LogP contribution in [0.2, 0.25) is 0 Å². The molecule has 0 aromatic carbocycles. The number of unbranched alkanes of at least 4 members (excludes halogenated alkanes) is 3. The SMILES string of the molecule is CCCCCCC1C=CC(C2CCC(C)CC2)=CC1. The zero-order chi connectivity index (χ0) is 13.5. The molecule has 0 bridgehead atoms. The first-order valence-corrected chi connectivity index (χ1v) is 8.67. The predicted molar refractivity (Wildman–Crippen MR) is 85.2 cm³/mol. The van der Waals surface area contributed by atoms with E-state index in [-0.39, 0.29) is 0 Å². The van der Waals surface area contributed by atoms with Crippen LogP contribution in [0.4, 0.5) is 0 Å². The molecule has 0 nitrogen and oxygen atoms in total. The average Bonchev–Trinajstić information content (AvgIpc) is 2.45. The summed E-state index contributed by atoms with van der Waals surface area (Å²) < 4.78 is 0. The monoisotopic (exact) mass is 260 g/mol. The number of rotatable bonds is 6. The van der Waals surface area contributed by atoms with Gasteiger partial charge in [-0.25, -0.2) is 0 Å². The van der Waals surface area contributed by atoms with Gasteiger partial charge in [0, 0.05) is 0 Å². The molecular weight excluding hydrogens is 228 g/mol. The first kappa shape index (κ1) is 14.9. The first-order valence-electron chi connectivity index (χ1n) is 8.67. The summed E-state index contributed by atoms with van der Waals surface area (Å²) in [6.45, 7) is 4.70. The lowest BCUT2D eigenvalue weighted by molar-refractivity contribution is 0.322. The molecule has 1 fully saturated rings. The molecule has 0 heteroatoms. The fourth-order valence-corrected chi connectivity index (χ4v) is 3.62. The molecule has 0 radical (unpaired) electrons. The van der Waals surface area contributed by atoms with E-state index in [4.69, 9.17) is 0 Å². The predicted octanol–water partition coefficient (Wildman–Crippen LogP) is 6.29. The number of allylic oxidation sites excluding steroid dienone is 4. The molecule has 19 heavy (non-hydrogen) atoms. The quantitative estimate of drug-likeness (QED) is 0.493. The lowest BCUT2D eigenvalue weighted by Gasteiger charge is -2.29. The standard InChI is InChI=1S/C19H32/c1-3-4-5-6-7-17-10-14-19(15-11-17)18-12-8-16(2)9-13-18/h10,14-18H,3-9,11-13H2,1-2H3. The molecular formula is C19H32. The van der Waals surface area contributed by atoms with Crippen LogP contribution in [0.3, 0.4) is 0 Å². The van der Waals surface area contributed by atoms with Gasteiger partial charge in [-0.3, -0.25) is 0 Å². The van der Waals surface area contributed by atoms with Crippen molar-refractivity contribution in [2.24, 2.45) is 17.8 Å². The summed E-state index contributed by atoms with van der Waals surface area (Å²) in [5.74, 6) is 2.69. The molecule has 0 aromatic rings. The molecule has 108 valence electrons. The fourth-order valence-electron chi connectivity index (χ4n) is 3.62. The first-order chi connectivity index (χ1) is 9.29. The number of hydrogen-bond acceptors (Lipinski definition) is 0. The van der Waals surface area contributed by atoms with Gasteiger partial charge in [0.1, 0.15) is 0 Å². The summed E-state index contributed by atoms with van der Waals surface area (Å²) in [6, 6.07) is 0. The molecule has 0 amide bonds. The van der Waals surface area contributed by atoms with Crippen molar-refractivity contribution in [1.82, 2.24) is 0 Å². The minimum absolute atomic E-state index is 0.836. The van der Waals surface area contributed by atoms with Crippen molar-refractivity contribution in [3.05, 3.63) is 23.8 Å². The highest BCUT2D eigenvalue weighted by atomic mass is 14.3. The van der Waals surface area contributed by atoms with Crippen LogP contribution >= 0.6 is 0 Å². The molecule has 0 aromatic heterocycles. The molecule has 2 aliphatic rings. The van der Waals surface area contributed by atoms with E-state index in [0.717, 1.165) is 17.8 Å². The van der Waals surface area contributed by atoms with Crippen LogP contribution in [-0.2, 0) is 0 Å². The Hall–Kier alpha value is -0.520. The van der Waals surface area contributed by atoms with Gasteiger partial charge in [0.05, 0.1) is 0 Å². The van der Waals surface area contributed by atoms with Crippen molar-refractivity contribution < 1.29 is 0 Å². The van der Waals surface area contributed by atoms with Crippen LogP contribution in [-0.4, -0.2) is 0 Å². The lowest BCUT2D eigenvalue weighted by atomic mass is 9.77. The summed E-state index contributed by atoms with van der Waals surface area (Å²) in [5, 5.41) is 0.